The van der Waals surface area contributed by atoms with Crippen molar-refractivity contribution in [3.8, 4) is 5.75 Å². The second-order valence-electron chi connectivity index (χ2n) is 3.31. The Morgan fingerprint density at radius 3 is 2.76 bits per heavy atom. The van der Waals surface area contributed by atoms with E-state index in [1.165, 1.54) is 0 Å². The van der Waals surface area contributed by atoms with Gasteiger partial charge in [-0.25, -0.2) is 4.79 Å². The van der Waals surface area contributed by atoms with Crippen molar-refractivity contribution in [3.63, 3.8) is 0 Å². The lowest BCUT2D eigenvalue weighted by atomic mass is 10.2. The third-order valence-electron chi connectivity index (χ3n) is 2.08. The minimum Gasteiger partial charge on any atom is -0.491 e. The van der Waals surface area contributed by atoms with Gasteiger partial charge >= 0.3 is 5.97 Å². The Kier molecular flexibility index (Phi) is 5.29. The summed E-state index contributed by atoms with van der Waals surface area (Å²) in [5, 5.41) is 0. The largest absolute Gasteiger partial charge is 0.491 e. The van der Waals surface area contributed by atoms with Crippen LogP contribution >= 0.6 is 0 Å². The van der Waals surface area contributed by atoms with Gasteiger partial charge in [0.1, 0.15) is 12.4 Å². The van der Waals surface area contributed by atoms with Crippen LogP contribution in [0.25, 0.3) is 0 Å². The zero-order chi connectivity index (χ0) is 12.7. The Balaban J connectivity index is 2.75. The van der Waals surface area contributed by atoms with Crippen LogP contribution in [0.2, 0.25) is 0 Å². The summed E-state index contributed by atoms with van der Waals surface area (Å²) in [6, 6.07) is 4.89. The molecule has 5 heteroatoms. The summed E-state index contributed by atoms with van der Waals surface area (Å²) in [5.41, 5.74) is 6.39. The number of rotatable bonds is 6. The van der Waals surface area contributed by atoms with Crippen LogP contribution in [-0.2, 0) is 9.47 Å². The summed E-state index contributed by atoms with van der Waals surface area (Å²) < 4.78 is 15.1. The maximum Gasteiger partial charge on any atom is 0.340 e. The second kappa shape index (κ2) is 6.75. The van der Waals surface area contributed by atoms with E-state index in [1.54, 1.807) is 32.2 Å². The average molecular weight is 239 g/mol. The molecular formula is C12H17NO4. The minimum atomic E-state index is -0.442. The van der Waals surface area contributed by atoms with Crippen molar-refractivity contribution in [3.05, 3.63) is 23.8 Å². The lowest BCUT2D eigenvalue weighted by molar-refractivity contribution is 0.0527. The van der Waals surface area contributed by atoms with Crippen LogP contribution in [0.1, 0.15) is 17.3 Å². The molecule has 0 bridgehead atoms. The van der Waals surface area contributed by atoms with Gasteiger partial charge in [-0.15, -0.1) is 0 Å². The van der Waals surface area contributed by atoms with E-state index >= 15 is 0 Å². The van der Waals surface area contributed by atoms with Crippen molar-refractivity contribution in [2.24, 2.45) is 0 Å². The van der Waals surface area contributed by atoms with Crippen LogP contribution in [-0.4, -0.2) is 32.9 Å². The van der Waals surface area contributed by atoms with E-state index in [-0.39, 0.29) is 0 Å². The van der Waals surface area contributed by atoms with Crippen molar-refractivity contribution in [1.82, 2.24) is 0 Å². The molecule has 0 atom stereocenters. The standard InChI is InChI=1S/C12H17NO4/c1-3-16-12(14)10-8-9(4-5-11(10)13)17-7-6-15-2/h4-5,8H,3,6-7,13H2,1-2H3. The van der Waals surface area contributed by atoms with E-state index < -0.39 is 5.97 Å². The van der Waals surface area contributed by atoms with Crippen LogP contribution in [0.3, 0.4) is 0 Å². The number of anilines is 1. The molecule has 17 heavy (non-hydrogen) atoms. The zero-order valence-corrected chi connectivity index (χ0v) is 10.1. The first-order valence-electron chi connectivity index (χ1n) is 5.37. The highest BCUT2D eigenvalue weighted by atomic mass is 16.5. The molecular weight excluding hydrogens is 222 g/mol. The summed E-state index contributed by atoms with van der Waals surface area (Å²) in [7, 11) is 1.59. The molecule has 0 spiro atoms. The Labute approximate surface area is 100 Å². The van der Waals surface area contributed by atoms with Crippen LogP contribution in [0, 0.1) is 0 Å². The maximum atomic E-state index is 11.6. The number of hydrogen-bond donors (Lipinski definition) is 1. The van der Waals surface area contributed by atoms with E-state index in [1.807, 2.05) is 0 Å². The summed E-state index contributed by atoms with van der Waals surface area (Å²) in [5.74, 6) is 0.126. The summed E-state index contributed by atoms with van der Waals surface area (Å²) in [6.07, 6.45) is 0. The van der Waals surface area contributed by atoms with Crippen molar-refractivity contribution < 1.29 is 19.0 Å². The molecule has 1 rings (SSSR count). The number of carbonyl (C=O) groups excluding carboxylic acids is 1. The molecule has 0 aliphatic heterocycles. The van der Waals surface area contributed by atoms with E-state index in [0.29, 0.717) is 36.8 Å². The molecule has 0 heterocycles. The molecule has 0 unspecified atom stereocenters. The smallest absolute Gasteiger partial charge is 0.340 e. The molecule has 0 amide bonds. The number of benzene rings is 1. The van der Waals surface area contributed by atoms with Crippen molar-refractivity contribution >= 4 is 11.7 Å². The molecule has 0 saturated heterocycles. The fourth-order valence-corrected chi connectivity index (χ4v) is 1.25. The van der Waals surface area contributed by atoms with Gasteiger partial charge in [0, 0.05) is 12.8 Å². The Hall–Kier alpha value is -1.75. The third kappa shape index (κ3) is 3.96. The van der Waals surface area contributed by atoms with E-state index in [0.717, 1.165) is 0 Å². The van der Waals surface area contributed by atoms with E-state index in [9.17, 15) is 4.79 Å². The molecule has 1 aromatic carbocycles. The molecule has 5 nitrogen and oxygen atoms in total. The second-order valence-corrected chi connectivity index (χ2v) is 3.31. The zero-order valence-electron chi connectivity index (χ0n) is 10.1. The highest BCUT2D eigenvalue weighted by molar-refractivity contribution is 5.95. The van der Waals surface area contributed by atoms with Crippen molar-refractivity contribution in [2.45, 2.75) is 6.92 Å². The molecule has 0 aromatic heterocycles. The van der Waals surface area contributed by atoms with Gasteiger partial charge in [0.25, 0.3) is 0 Å². The summed E-state index contributed by atoms with van der Waals surface area (Å²) in [6.45, 7) is 2.96. The summed E-state index contributed by atoms with van der Waals surface area (Å²) >= 11 is 0. The number of ether oxygens (including phenoxy) is 3. The first-order chi connectivity index (χ1) is 8.19. The number of nitrogens with two attached hydrogens (primary N) is 1. The monoisotopic (exact) mass is 239 g/mol. The highest BCUT2D eigenvalue weighted by Crippen LogP contribution is 2.20. The molecule has 0 fully saturated rings. The summed E-state index contributed by atoms with van der Waals surface area (Å²) in [4.78, 5) is 11.6. The fraction of sp³-hybridized carbons (Fsp3) is 0.417. The Bertz CT molecular complexity index is 379. The Morgan fingerprint density at radius 1 is 1.35 bits per heavy atom. The first kappa shape index (κ1) is 13.3. The van der Waals surface area contributed by atoms with Gasteiger partial charge in [0.2, 0.25) is 0 Å². The van der Waals surface area contributed by atoms with Crippen molar-refractivity contribution in [2.75, 3.05) is 32.7 Å². The van der Waals surface area contributed by atoms with E-state index in [2.05, 4.69) is 0 Å². The van der Waals surface area contributed by atoms with Crippen LogP contribution < -0.4 is 10.5 Å². The van der Waals surface area contributed by atoms with Crippen LogP contribution in [0.5, 0.6) is 5.75 Å². The molecule has 2 N–H and O–H groups in total. The number of nitrogen functional groups attached to an aromatic ring is 1. The van der Waals surface area contributed by atoms with E-state index in [4.69, 9.17) is 19.9 Å². The molecule has 0 aliphatic carbocycles. The third-order valence-corrected chi connectivity index (χ3v) is 2.08. The molecule has 0 aliphatic rings. The van der Waals surface area contributed by atoms with Gasteiger partial charge in [-0.05, 0) is 25.1 Å². The van der Waals surface area contributed by atoms with Gasteiger partial charge in [-0.3, -0.25) is 0 Å². The SMILES string of the molecule is CCOC(=O)c1cc(OCCOC)ccc1N. The van der Waals surface area contributed by atoms with Gasteiger partial charge in [-0.2, -0.15) is 0 Å². The lowest BCUT2D eigenvalue weighted by Gasteiger charge is -2.09. The predicted octanol–water partition coefficient (Wildman–Crippen LogP) is 1.47. The van der Waals surface area contributed by atoms with Crippen molar-refractivity contribution in [1.29, 1.82) is 0 Å². The quantitative estimate of drug-likeness (QED) is 0.462. The minimum absolute atomic E-state index is 0.313. The Morgan fingerprint density at radius 2 is 2.12 bits per heavy atom. The van der Waals surface area contributed by atoms with Gasteiger partial charge in [-0.1, -0.05) is 0 Å². The molecule has 94 valence electrons. The number of carbonyl (C=O) groups is 1. The van der Waals surface area contributed by atoms with Gasteiger partial charge in [0.05, 0.1) is 18.8 Å². The first-order valence-corrected chi connectivity index (χ1v) is 5.37. The number of esters is 1. The number of hydrogen-bond acceptors (Lipinski definition) is 5. The molecule has 0 radical (unpaired) electrons. The topological polar surface area (TPSA) is 70.8 Å². The molecule has 0 saturated carbocycles. The normalized spacial score (nSPS) is 10.0. The maximum absolute atomic E-state index is 11.6. The highest BCUT2D eigenvalue weighted by Gasteiger charge is 2.11. The van der Waals surface area contributed by atoms with Gasteiger partial charge < -0.3 is 19.9 Å². The van der Waals surface area contributed by atoms with Gasteiger partial charge in [0.15, 0.2) is 0 Å². The van der Waals surface area contributed by atoms with Crippen LogP contribution in [0.4, 0.5) is 5.69 Å². The predicted molar refractivity (Wildman–Crippen MR) is 64.2 cm³/mol. The number of methoxy groups -OCH3 is 1. The van der Waals surface area contributed by atoms with Crippen LogP contribution in [0.15, 0.2) is 18.2 Å². The molecule has 1 aromatic rings. The average Bonchev–Trinajstić information content (AvgIpc) is 2.32. The fourth-order valence-electron chi connectivity index (χ4n) is 1.25. The lowest BCUT2D eigenvalue weighted by Crippen LogP contribution is -2.09.